The van der Waals surface area contributed by atoms with E-state index in [9.17, 15) is 0 Å². The van der Waals surface area contributed by atoms with Gasteiger partial charge in [-0.3, -0.25) is 0 Å². The predicted octanol–water partition coefficient (Wildman–Crippen LogP) is 4.63. The van der Waals surface area contributed by atoms with Crippen LogP contribution in [0.4, 0.5) is 0 Å². The highest BCUT2D eigenvalue weighted by Crippen LogP contribution is 2.47. The highest BCUT2D eigenvalue weighted by molar-refractivity contribution is 6.07. The minimum absolute atomic E-state index is 0.503. The Morgan fingerprint density at radius 2 is 1.90 bits per heavy atom. The normalized spacial score (nSPS) is 22.8. The quantitative estimate of drug-likeness (QED) is 0.715. The molecule has 1 aliphatic carbocycles. The summed E-state index contributed by atoms with van der Waals surface area (Å²) in [5.74, 6) is 1.65. The number of fused-ring (bicyclic) bond motifs is 3. The fourth-order valence-corrected chi connectivity index (χ4v) is 3.61. The van der Waals surface area contributed by atoms with Gasteiger partial charge in [0.15, 0.2) is 0 Å². The lowest BCUT2D eigenvalue weighted by molar-refractivity contribution is 0.476. The average molecular weight is 278 g/mol. The van der Waals surface area contributed by atoms with Gasteiger partial charge in [-0.15, -0.1) is 0 Å². The molecule has 1 aliphatic rings. The molecule has 0 amide bonds. The van der Waals surface area contributed by atoms with Gasteiger partial charge in [0, 0.05) is 27.8 Å². The van der Waals surface area contributed by atoms with Crippen LogP contribution in [0.25, 0.3) is 21.8 Å². The number of aromatic amines is 1. The van der Waals surface area contributed by atoms with Crippen molar-refractivity contribution >= 4 is 21.8 Å². The number of H-pyrrole nitrogens is 1. The molecule has 0 bridgehead atoms. The second kappa shape index (κ2) is 4.88. The van der Waals surface area contributed by atoms with E-state index in [1.165, 1.54) is 33.8 Å². The van der Waals surface area contributed by atoms with Crippen molar-refractivity contribution in [1.82, 2.24) is 10.3 Å². The smallest absolute Gasteiger partial charge is 0.0465 e. The Hall–Kier alpha value is -1.80. The van der Waals surface area contributed by atoms with E-state index in [1.54, 1.807) is 0 Å². The van der Waals surface area contributed by atoms with Crippen molar-refractivity contribution in [2.24, 2.45) is 11.8 Å². The summed E-state index contributed by atoms with van der Waals surface area (Å²) in [6.07, 6.45) is 1.35. The first-order chi connectivity index (χ1) is 10.3. The molecule has 1 heterocycles. The van der Waals surface area contributed by atoms with Crippen molar-refractivity contribution < 1.29 is 0 Å². The molecule has 3 aromatic rings. The largest absolute Gasteiger partial charge is 0.355 e. The van der Waals surface area contributed by atoms with Crippen molar-refractivity contribution in [2.45, 2.75) is 26.3 Å². The van der Waals surface area contributed by atoms with Crippen LogP contribution in [-0.4, -0.2) is 11.5 Å². The van der Waals surface area contributed by atoms with Crippen molar-refractivity contribution in [1.29, 1.82) is 0 Å². The summed E-state index contributed by atoms with van der Waals surface area (Å²) in [4.78, 5) is 3.51. The molecule has 4 rings (SSSR count). The molecule has 2 heteroatoms. The first kappa shape index (κ1) is 12.9. The third-order valence-corrected chi connectivity index (χ3v) is 4.91. The number of benzene rings is 2. The number of hydrogen-bond acceptors (Lipinski definition) is 1. The second-order valence-corrected chi connectivity index (χ2v) is 6.39. The highest BCUT2D eigenvalue weighted by atomic mass is 14.9. The van der Waals surface area contributed by atoms with Crippen LogP contribution in [0, 0.1) is 11.8 Å². The molecule has 2 N–H and O–H groups in total. The molecule has 2 nitrogen and oxygen atoms in total. The molecule has 0 radical (unpaired) electrons. The summed E-state index contributed by atoms with van der Waals surface area (Å²) in [5, 5.41) is 6.36. The molecule has 0 spiro atoms. The zero-order valence-corrected chi connectivity index (χ0v) is 12.7. The van der Waals surface area contributed by atoms with E-state index in [0.717, 1.165) is 18.4 Å². The van der Waals surface area contributed by atoms with E-state index in [2.05, 4.69) is 66.6 Å². The summed E-state index contributed by atoms with van der Waals surface area (Å²) >= 11 is 0. The van der Waals surface area contributed by atoms with Gasteiger partial charge >= 0.3 is 0 Å². The van der Waals surface area contributed by atoms with Crippen LogP contribution in [0.15, 0.2) is 42.5 Å². The lowest BCUT2D eigenvalue weighted by Gasteiger charge is -2.18. The van der Waals surface area contributed by atoms with Crippen LogP contribution in [0.5, 0.6) is 0 Å². The van der Waals surface area contributed by atoms with E-state index in [-0.39, 0.29) is 0 Å². The Morgan fingerprint density at radius 1 is 1.14 bits per heavy atom. The van der Waals surface area contributed by atoms with Crippen LogP contribution in [0.1, 0.15) is 31.9 Å². The summed E-state index contributed by atoms with van der Waals surface area (Å²) < 4.78 is 0. The standard InChI is InChI=1S/C19H22N2/c1-3-20-19(15-10-12(15)2)13-8-9-18-16(11-13)14-6-4-5-7-17(14)21-18/h4-9,11-12,15,19-21H,3,10H2,1-2H3. The lowest BCUT2D eigenvalue weighted by Crippen LogP contribution is -2.23. The first-order valence-electron chi connectivity index (χ1n) is 8.01. The molecule has 0 saturated heterocycles. The van der Waals surface area contributed by atoms with Gasteiger partial charge in [-0.1, -0.05) is 38.1 Å². The van der Waals surface area contributed by atoms with E-state index in [1.807, 2.05) is 0 Å². The molecule has 1 saturated carbocycles. The Morgan fingerprint density at radius 3 is 2.67 bits per heavy atom. The van der Waals surface area contributed by atoms with Crippen LogP contribution in [-0.2, 0) is 0 Å². The van der Waals surface area contributed by atoms with E-state index in [4.69, 9.17) is 0 Å². The maximum atomic E-state index is 3.69. The minimum atomic E-state index is 0.503. The van der Waals surface area contributed by atoms with Gasteiger partial charge in [-0.2, -0.15) is 0 Å². The van der Waals surface area contributed by atoms with E-state index < -0.39 is 0 Å². The number of aromatic nitrogens is 1. The topological polar surface area (TPSA) is 27.8 Å². The fraction of sp³-hybridized carbons (Fsp3) is 0.368. The molecule has 21 heavy (non-hydrogen) atoms. The fourth-order valence-electron chi connectivity index (χ4n) is 3.61. The predicted molar refractivity (Wildman–Crippen MR) is 89.5 cm³/mol. The van der Waals surface area contributed by atoms with Gasteiger partial charge in [-0.05, 0) is 48.6 Å². The highest BCUT2D eigenvalue weighted by Gasteiger charge is 2.39. The van der Waals surface area contributed by atoms with Gasteiger partial charge in [0.05, 0.1) is 0 Å². The molecule has 1 aromatic heterocycles. The van der Waals surface area contributed by atoms with Crippen molar-refractivity contribution in [2.75, 3.05) is 6.54 Å². The third-order valence-electron chi connectivity index (χ3n) is 4.91. The van der Waals surface area contributed by atoms with Crippen molar-refractivity contribution in [3.63, 3.8) is 0 Å². The molecular weight excluding hydrogens is 256 g/mol. The first-order valence-corrected chi connectivity index (χ1v) is 8.01. The summed E-state index contributed by atoms with van der Waals surface area (Å²) in [7, 11) is 0. The number of rotatable bonds is 4. The maximum absolute atomic E-state index is 3.69. The van der Waals surface area contributed by atoms with Gasteiger partial charge in [-0.25, -0.2) is 0 Å². The number of para-hydroxylation sites is 1. The zero-order valence-electron chi connectivity index (χ0n) is 12.7. The molecular formula is C19H22N2. The number of hydrogen-bond donors (Lipinski definition) is 2. The molecule has 108 valence electrons. The number of nitrogens with one attached hydrogen (secondary N) is 2. The molecule has 2 aromatic carbocycles. The summed E-state index contributed by atoms with van der Waals surface area (Å²) in [6, 6.07) is 16.0. The monoisotopic (exact) mass is 278 g/mol. The van der Waals surface area contributed by atoms with Crippen molar-refractivity contribution in [3.05, 3.63) is 48.0 Å². The Kier molecular flexibility index (Phi) is 3.00. The van der Waals surface area contributed by atoms with E-state index in [0.29, 0.717) is 6.04 Å². The molecule has 1 fully saturated rings. The Labute approximate surface area is 125 Å². The zero-order chi connectivity index (χ0) is 14.4. The maximum Gasteiger partial charge on any atom is 0.0465 e. The van der Waals surface area contributed by atoms with Crippen LogP contribution in [0.2, 0.25) is 0 Å². The van der Waals surface area contributed by atoms with Gasteiger partial charge in [0.1, 0.15) is 0 Å². The van der Waals surface area contributed by atoms with Gasteiger partial charge in [0.2, 0.25) is 0 Å². The Balaban J connectivity index is 1.83. The summed E-state index contributed by atoms with van der Waals surface area (Å²) in [5.41, 5.74) is 3.90. The van der Waals surface area contributed by atoms with E-state index >= 15 is 0 Å². The van der Waals surface area contributed by atoms with Crippen LogP contribution < -0.4 is 5.32 Å². The van der Waals surface area contributed by atoms with Gasteiger partial charge < -0.3 is 10.3 Å². The summed E-state index contributed by atoms with van der Waals surface area (Å²) in [6.45, 7) is 5.59. The van der Waals surface area contributed by atoms with Crippen molar-refractivity contribution in [3.8, 4) is 0 Å². The van der Waals surface area contributed by atoms with Crippen LogP contribution in [0.3, 0.4) is 0 Å². The SMILES string of the molecule is CCNC(c1ccc2[nH]c3ccccc3c2c1)C1CC1C. The van der Waals surface area contributed by atoms with Crippen LogP contribution >= 0.6 is 0 Å². The third kappa shape index (κ3) is 2.14. The molecule has 0 aliphatic heterocycles. The average Bonchev–Trinajstić information content (AvgIpc) is 3.10. The lowest BCUT2D eigenvalue weighted by atomic mass is 9.99. The van der Waals surface area contributed by atoms with Gasteiger partial charge in [0.25, 0.3) is 0 Å². The Bertz CT molecular complexity index is 786. The minimum Gasteiger partial charge on any atom is -0.355 e. The molecule has 3 unspecified atom stereocenters. The second-order valence-electron chi connectivity index (χ2n) is 6.39. The molecule has 3 atom stereocenters.